The van der Waals surface area contributed by atoms with Crippen LogP contribution in [0.15, 0.2) is 34.1 Å². The summed E-state index contributed by atoms with van der Waals surface area (Å²) >= 11 is 5.30. The molecule has 0 fully saturated rings. The van der Waals surface area contributed by atoms with Gasteiger partial charge in [0.15, 0.2) is 4.77 Å². The van der Waals surface area contributed by atoms with Gasteiger partial charge >= 0.3 is 0 Å². The number of rotatable bonds is 8. The fourth-order valence-electron chi connectivity index (χ4n) is 3.02. The van der Waals surface area contributed by atoms with E-state index < -0.39 is 0 Å². The van der Waals surface area contributed by atoms with Crippen LogP contribution in [0, 0.1) is 4.77 Å². The molecule has 1 atom stereocenters. The smallest absolute Gasteiger partial charge is 0.267 e. The first-order chi connectivity index (χ1) is 13.3. The Hall–Kier alpha value is -2.45. The molecule has 0 spiro atoms. The molecule has 1 aromatic carbocycles. The van der Waals surface area contributed by atoms with Crippen molar-refractivity contribution in [3.05, 3.63) is 50.5 Å². The largest absolute Gasteiger partial charge is 0.497 e. The number of aliphatic imine (C=N–C) groups is 1. The van der Waals surface area contributed by atoms with Gasteiger partial charge in [-0.1, -0.05) is 12.1 Å². The van der Waals surface area contributed by atoms with Crippen LogP contribution in [-0.4, -0.2) is 53.1 Å². The number of methoxy groups -OCH3 is 1. The molecule has 0 amide bonds. The van der Waals surface area contributed by atoms with Gasteiger partial charge in [0.05, 0.1) is 19.7 Å². The zero-order valence-corrected chi connectivity index (χ0v) is 17.9. The summed E-state index contributed by atoms with van der Waals surface area (Å²) in [5.74, 6) is 0.653. The van der Waals surface area contributed by atoms with E-state index >= 15 is 0 Å². The molecule has 0 bridgehead atoms. The molecule has 2 aromatic rings. The topological polar surface area (TPSA) is 72.0 Å². The second-order valence-corrected chi connectivity index (χ2v) is 6.93. The molecule has 8 heteroatoms. The molecule has 152 valence electrons. The van der Waals surface area contributed by atoms with Crippen LogP contribution in [0.25, 0.3) is 0 Å². The van der Waals surface area contributed by atoms with Gasteiger partial charge in [-0.3, -0.25) is 18.9 Å². The Bertz CT molecular complexity index is 946. The zero-order chi connectivity index (χ0) is 20.8. The number of nitrogens with zero attached hydrogens (tertiary/aromatic N) is 4. The first kappa shape index (κ1) is 21.8. The van der Waals surface area contributed by atoms with Crippen molar-refractivity contribution in [3.63, 3.8) is 0 Å². The number of aromatic hydroxyl groups is 1. The summed E-state index contributed by atoms with van der Waals surface area (Å²) in [7, 11) is 5.58. The predicted molar refractivity (Wildman–Crippen MR) is 114 cm³/mol. The fraction of sp³-hybridized carbons (Fsp3) is 0.450. The van der Waals surface area contributed by atoms with Gasteiger partial charge in [-0.25, -0.2) is 0 Å². The maximum atomic E-state index is 12.7. The number of likely N-dealkylation sites (N-methyl/N-ethyl adjacent to an activating group) is 1. The lowest BCUT2D eigenvalue weighted by atomic mass is 10.1. The molecule has 1 N–H and O–H groups in total. The van der Waals surface area contributed by atoms with E-state index in [-0.39, 0.29) is 23.0 Å². The van der Waals surface area contributed by atoms with E-state index in [1.54, 1.807) is 7.11 Å². The van der Waals surface area contributed by atoms with Crippen LogP contribution in [0.1, 0.15) is 31.0 Å². The van der Waals surface area contributed by atoms with Gasteiger partial charge in [0.2, 0.25) is 5.88 Å². The normalized spacial score (nSPS) is 12.6. The highest BCUT2D eigenvalue weighted by molar-refractivity contribution is 7.71. The number of benzene rings is 1. The molecule has 0 saturated heterocycles. The average molecular weight is 405 g/mol. The number of ether oxygens (including phenoxy) is 1. The Kier molecular flexibility index (Phi) is 7.53. The van der Waals surface area contributed by atoms with E-state index in [4.69, 9.17) is 17.0 Å². The van der Waals surface area contributed by atoms with Gasteiger partial charge in [-0.05, 0) is 57.9 Å². The first-order valence-corrected chi connectivity index (χ1v) is 9.63. The highest BCUT2D eigenvalue weighted by Gasteiger charge is 2.16. The molecular weight excluding hydrogens is 376 g/mol. The van der Waals surface area contributed by atoms with Crippen molar-refractivity contribution in [3.8, 4) is 11.6 Å². The van der Waals surface area contributed by atoms with Crippen LogP contribution < -0.4 is 10.3 Å². The SMILES string of the molecule is CCn1c(O)c(C=NCC(c2ccc(OC)cc2)N(C)C)c(=O)n(CC)c1=S. The van der Waals surface area contributed by atoms with Crippen molar-refractivity contribution in [1.29, 1.82) is 0 Å². The summed E-state index contributed by atoms with van der Waals surface area (Å²) in [6.07, 6.45) is 1.45. The van der Waals surface area contributed by atoms with Crippen LogP contribution in [0.5, 0.6) is 11.6 Å². The van der Waals surface area contributed by atoms with Gasteiger partial charge in [-0.2, -0.15) is 0 Å². The molecular formula is C20H28N4O3S. The van der Waals surface area contributed by atoms with Crippen molar-refractivity contribution in [2.45, 2.75) is 33.0 Å². The van der Waals surface area contributed by atoms with E-state index in [1.165, 1.54) is 15.3 Å². The number of hydrogen-bond donors (Lipinski definition) is 1. The Balaban J connectivity index is 2.36. The second-order valence-electron chi connectivity index (χ2n) is 6.56. The molecule has 0 aliphatic carbocycles. The van der Waals surface area contributed by atoms with Crippen molar-refractivity contribution in [1.82, 2.24) is 14.0 Å². The standard InChI is InChI=1S/C20H28N4O3S/c1-6-23-18(25)16(19(26)24(7-2)20(23)28)12-21-13-17(22(3)4)14-8-10-15(27-5)11-9-14/h8-12,17,25H,6-7,13H2,1-5H3. The second kappa shape index (κ2) is 9.66. The van der Waals surface area contributed by atoms with Gasteiger partial charge in [0.25, 0.3) is 5.56 Å². The molecule has 0 aliphatic rings. The Morgan fingerprint density at radius 1 is 1.21 bits per heavy atom. The predicted octanol–water partition coefficient (Wildman–Crippen LogP) is 2.86. The third kappa shape index (κ3) is 4.51. The third-order valence-corrected chi connectivity index (χ3v) is 5.13. The first-order valence-electron chi connectivity index (χ1n) is 9.22. The van der Waals surface area contributed by atoms with Gasteiger partial charge < -0.3 is 14.7 Å². The van der Waals surface area contributed by atoms with Crippen LogP contribution in [0.4, 0.5) is 0 Å². The average Bonchev–Trinajstić information content (AvgIpc) is 2.68. The molecule has 1 heterocycles. The molecule has 0 aliphatic heterocycles. The summed E-state index contributed by atoms with van der Waals surface area (Å²) in [5, 5.41) is 10.5. The molecule has 7 nitrogen and oxygen atoms in total. The van der Waals surface area contributed by atoms with Crippen LogP contribution in [-0.2, 0) is 13.1 Å². The summed E-state index contributed by atoms with van der Waals surface area (Å²) in [6.45, 7) is 5.06. The van der Waals surface area contributed by atoms with Crippen molar-refractivity contribution in [2.75, 3.05) is 27.7 Å². The van der Waals surface area contributed by atoms with Gasteiger partial charge in [-0.15, -0.1) is 0 Å². The minimum absolute atomic E-state index is 0.0224. The van der Waals surface area contributed by atoms with Crippen molar-refractivity contribution >= 4 is 18.4 Å². The van der Waals surface area contributed by atoms with Gasteiger partial charge in [0.1, 0.15) is 11.3 Å². The fourth-order valence-corrected chi connectivity index (χ4v) is 3.45. The lowest BCUT2D eigenvalue weighted by Crippen LogP contribution is -2.28. The van der Waals surface area contributed by atoms with Crippen LogP contribution >= 0.6 is 12.2 Å². The van der Waals surface area contributed by atoms with E-state index in [2.05, 4.69) is 9.89 Å². The zero-order valence-electron chi connectivity index (χ0n) is 17.0. The molecule has 28 heavy (non-hydrogen) atoms. The molecule has 0 radical (unpaired) electrons. The maximum Gasteiger partial charge on any atom is 0.267 e. The summed E-state index contributed by atoms with van der Waals surface area (Å²) in [6, 6.07) is 7.84. The lowest BCUT2D eigenvalue weighted by Gasteiger charge is -2.23. The van der Waals surface area contributed by atoms with Crippen LogP contribution in [0.2, 0.25) is 0 Å². The minimum Gasteiger partial charge on any atom is -0.497 e. The molecule has 1 unspecified atom stereocenters. The molecule has 1 aromatic heterocycles. The van der Waals surface area contributed by atoms with E-state index in [1.807, 2.05) is 52.2 Å². The Morgan fingerprint density at radius 3 is 2.32 bits per heavy atom. The third-order valence-electron chi connectivity index (χ3n) is 4.69. The highest BCUT2D eigenvalue weighted by atomic mass is 32.1. The minimum atomic E-state index is -0.329. The van der Waals surface area contributed by atoms with E-state index in [9.17, 15) is 9.90 Å². The van der Waals surface area contributed by atoms with Gasteiger partial charge in [0, 0.05) is 19.3 Å². The summed E-state index contributed by atoms with van der Waals surface area (Å²) in [4.78, 5) is 19.2. The van der Waals surface area contributed by atoms with Crippen molar-refractivity contribution in [2.24, 2.45) is 4.99 Å². The maximum absolute atomic E-state index is 12.7. The van der Waals surface area contributed by atoms with Crippen LogP contribution in [0.3, 0.4) is 0 Å². The van der Waals surface area contributed by atoms with Crippen molar-refractivity contribution < 1.29 is 9.84 Å². The molecule has 2 rings (SSSR count). The number of aromatic nitrogens is 2. The summed E-state index contributed by atoms with van der Waals surface area (Å²) in [5.41, 5.74) is 0.913. The Morgan fingerprint density at radius 2 is 1.82 bits per heavy atom. The highest BCUT2D eigenvalue weighted by Crippen LogP contribution is 2.22. The monoisotopic (exact) mass is 404 g/mol. The molecule has 0 saturated carbocycles. The Labute approximate surface area is 170 Å². The van der Waals surface area contributed by atoms with E-state index in [0.29, 0.717) is 24.4 Å². The number of hydrogen-bond acceptors (Lipinski definition) is 6. The summed E-state index contributed by atoms with van der Waals surface area (Å²) < 4.78 is 8.52. The van der Waals surface area contributed by atoms with E-state index in [0.717, 1.165) is 11.3 Å². The quantitative estimate of drug-likeness (QED) is 0.541. The lowest BCUT2D eigenvalue weighted by molar-refractivity contribution is 0.306.